The van der Waals surface area contributed by atoms with E-state index in [2.05, 4.69) is 6.07 Å². The topological polar surface area (TPSA) is 9.23 Å². The molecule has 5 heteroatoms. The average molecular weight is 323 g/mol. The van der Waals surface area contributed by atoms with Crippen LogP contribution in [0.25, 0.3) is 0 Å². The van der Waals surface area contributed by atoms with Gasteiger partial charge in [0.05, 0.1) is 5.82 Å². The molecular weight excluding hydrogens is 314 g/mol. The Morgan fingerprint density at radius 1 is 1.11 bits per heavy atom. The summed E-state index contributed by atoms with van der Waals surface area (Å²) in [5.41, 5.74) is 0.916. The molecule has 2 aromatic carbocycles. The van der Waals surface area contributed by atoms with Gasteiger partial charge in [-0.05, 0) is 5.56 Å². The van der Waals surface area contributed by atoms with Crippen molar-refractivity contribution >= 4 is 23.1 Å². The number of hydrogen-bond donors (Lipinski definition) is 0. The van der Waals surface area contributed by atoms with Gasteiger partial charge in [-0.25, -0.2) is 0 Å². The molecule has 0 saturated heterocycles. The summed E-state index contributed by atoms with van der Waals surface area (Å²) in [4.78, 5) is 0. The molecule has 0 aliphatic carbocycles. The first kappa shape index (κ1) is 17.3. The van der Waals surface area contributed by atoms with Crippen LogP contribution in [-0.4, -0.2) is 23.1 Å². The van der Waals surface area contributed by atoms with Crippen LogP contribution in [0.2, 0.25) is 0 Å². The number of benzene rings is 2. The molecule has 0 aliphatic heterocycles. The summed E-state index contributed by atoms with van der Waals surface area (Å²) >= 11 is 0. The molecule has 1 nitrogen and oxygen atoms in total. The van der Waals surface area contributed by atoms with Crippen molar-refractivity contribution in [2.75, 3.05) is 0 Å². The van der Waals surface area contributed by atoms with Crippen LogP contribution in [-0.2, 0) is 6.61 Å². The van der Waals surface area contributed by atoms with E-state index in [-0.39, 0.29) is 52.4 Å². The smallest absolute Gasteiger partial charge is 1.00 e. The molecular formula is C13H9BrF2MgO. The Hall–Kier alpha value is -0.654. The van der Waals surface area contributed by atoms with Gasteiger partial charge in [0.1, 0.15) is 6.61 Å². The minimum atomic E-state index is -0.740. The minimum absolute atomic E-state index is 0. The molecule has 0 bridgehead atoms. The molecule has 0 N–H and O–H groups in total. The second-order valence-corrected chi connectivity index (χ2v) is 3.27. The maximum absolute atomic E-state index is 13.2. The van der Waals surface area contributed by atoms with Gasteiger partial charge in [0, 0.05) is 11.6 Å². The van der Waals surface area contributed by atoms with Crippen LogP contribution in [0, 0.1) is 17.7 Å². The normalized spacial score (nSPS) is 9.00. The molecule has 2 rings (SSSR count). The first-order valence-electron chi connectivity index (χ1n) is 4.79. The summed E-state index contributed by atoms with van der Waals surface area (Å²) in [6, 6.07) is 13.6. The quantitative estimate of drug-likeness (QED) is 0.569. The number of hydrogen-bond acceptors (Lipinski definition) is 1. The van der Waals surface area contributed by atoms with Crippen molar-refractivity contribution < 1.29 is 30.5 Å². The van der Waals surface area contributed by atoms with Gasteiger partial charge < -0.3 is 21.7 Å². The maximum atomic E-state index is 13.2. The van der Waals surface area contributed by atoms with Crippen molar-refractivity contribution in [1.82, 2.24) is 0 Å². The van der Waals surface area contributed by atoms with Crippen molar-refractivity contribution in [2.24, 2.45) is 0 Å². The Morgan fingerprint density at radius 2 is 1.78 bits per heavy atom. The molecule has 0 atom stereocenters. The van der Waals surface area contributed by atoms with Crippen molar-refractivity contribution in [3.05, 3.63) is 65.7 Å². The zero-order valence-corrected chi connectivity index (χ0v) is 12.5. The first-order chi connectivity index (χ1) is 7.75. The first-order valence-corrected chi connectivity index (χ1v) is 4.79. The van der Waals surface area contributed by atoms with Crippen LogP contribution in [0.1, 0.15) is 5.56 Å². The van der Waals surface area contributed by atoms with Gasteiger partial charge in [0.2, 0.25) is 0 Å². The molecule has 0 heterocycles. The van der Waals surface area contributed by atoms with E-state index >= 15 is 0 Å². The Labute approximate surface area is 131 Å². The molecule has 0 fully saturated rings. The van der Waals surface area contributed by atoms with Crippen LogP contribution in [0.5, 0.6) is 5.75 Å². The van der Waals surface area contributed by atoms with Crippen LogP contribution in [0.15, 0.2) is 42.5 Å². The minimum Gasteiger partial charge on any atom is -1.00 e. The fourth-order valence-electron chi connectivity index (χ4n) is 1.27. The molecule has 0 amide bonds. The molecule has 2 aromatic rings. The molecule has 0 saturated carbocycles. The molecule has 0 spiro atoms. The third-order valence-corrected chi connectivity index (χ3v) is 2.05. The van der Waals surface area contributed by atoms with Gasteiger partial charge >= 0.3 is 23.1 Å². The number of rotatable bonds is 3. The van der Waals surface area contributed by atoms with Crippen LogP contribution in [0.3, 0.4) is 0 Å². The fourth-order valence-corrected chi connectivity index (χ4v) is 1.27. The van der Waals surface area contributed by atoms with Gasteiger partial charge in [0.25, 0.3) is 0 Å². The van der Waals surface area contributed by atoms with Crippen molar-refractivity contribution in [1.29, 1.82) is 0 Å². The fraction of sp³-hybridized carbons (Fsp3) is 0.0769. The predicted molar refractivity (Wildman–Crippen MR) is 61.7 cm³/mol. The summed E-state index contributed by atoms with van der Waals surface area (Å²) in [6.07, 6.45) is 0. The summed E-state index contributed by atoms with van der Waals surface area (Å²) in [5, 5.41) is 0. The van der Waals surface area contributed by atoms with Crippen LogP contribution < -0.4 is 21.7 Å². The predicted octanol–water partition coefficient (Wildman–Crippen LogP) is -0.0328. The molecule has 18 heavy (non-hydrogen) atoms. The largest absolute Gasteiger partial charge is 2.00 e. The van der Waals surface area contributed by atoms with Gasteiger partial charge in [-0.15, -0.1) is 12.1 Å². The SMILES string of the molecule is Fc1c[c-]c(OCc2ccccc2)c(F)c1.[Br-].[Mg+2]. The molecule has 0 aliphatic rings. The standard InChI is InChI=1S/C13H9F2O.BrH.Mg/c14-11-6-7-13(12(15)8-11)16-9-10-4-2-1-3-5-10;;/h1-6,8H,9H2;1H;/q-1;;+2/p-1. The monoisotopic (exact) mass is 322 g/mol. The van der Waals surface area contributed by atoms with E-state index in [0.717, 1.165) is 17.7 Å². The second-order valence-electron chi connectivity index (χ2n) is 3.27. The van der Waals surface area contributed by atoms with E-state index in [4.69, 9.17) is 4.74 Å². The Morgan fingerprint density at radius 3 is 2.39 bits per heavy atom. The zero-order chi connectivity index (χ0) is 11.4. The van der Waals surface area contributed by atoms with Crippen LogP contribution >= 0.6 is 0 Å². The number of halogens is 3. The van der Waals surface area contributed by atoms with E-state index in [1.807, 2.05) is 30.3 Å². The molecule has 0 unspecified atom stereocenters. The Balaban J connectivity index is 0.00000144. The third-order valence-electron chi connectivity index (χ3n) is 2.05. The van der Waals surface area contributed by atoms with Gasteiger partial charge in [-0.3, -0.25) is 8.78 Å². The van der Waals surface area contributed by atoms with Crippen molar-refractivity contribution in [3.63, 3.8) is 0 Å². The second kappa shape index (κ2) is 8.45. The number of ether oxygens (including phenoxy) is 1. The van der Waals surface area contributed by atoms with E-state index in [1.165, 1.54) is 0 Å². The Bertz CT molecular complexity index is 480. The van der Waals surface area contributed by atoms with E-state index in [1.54, 1.807) is 0 Å². The molecule has 90 valence electrons. The van der Waals surface area contributed by atoms with E-state index in [9.17, 15) is 8.78 Å². The van der Waals surface area contributed by atoms with Crippen molar-refractivity contribution in [3.8, 4) is 5.75 Å². The van der Waals surface area contributed by atoms with Crippen LogP contribution in [0.4, 0.5) is 8.78 Å². The molecule has 0 radical (unpaired) electrons. The molecule has 0 aromatic heterocycles. The summed E-state index contributed by atoms with van der Waals surface area (Å²) in [6.45, 7) is 0.236. The van der Waals surface area contributed by atoms with E-state index < -0.39 is 11.6 Å². The third kappa shape index (κ3) is 4.92. The van der Waals surface area contributed by atoms with Crippen molar-refractivity contribution in [2.45, 2.75) is 6.61 Å². The van der Waals surface area contributed by atoms with Gasteiger partial charge in [0.15, 0.2) is 0 Å². The summed E-state index contributed by atoms with van der Waals surface area (Å²) in [5.74, 6) is -1.47. The summed E-state index contributed by atoms with van der Waals surface area (Å²) < 4.78 is 30.9. The van der Waals surface area contributed by atoms with E-state index in [0.29, 0.717) is 0 Å². The average Bonchev–Trinajstić information content (AvgIpc) is 2.29. The summed E-state index contributed by atoms with van der Waals surface area (Å²) in [7, 11) is 0. The van der Waals surface area contributed by atoms with Gasteiger partial charge in [-0.2, -0.15) is 0 Å². The zero-order valence-electron chi connectivity index (χ0n) is 9.50. The Kier molecular flexibility index (Phi) is 8.14. The maximum Gasteiger partial charge on any atom is 2.00 e. The van der Waals surface area contributed by atoms with Gasteiger partial charge in [-0.1, -0.05) is 36.4 Å².